The zero-order valence-electron chi connectivity index (χ0n) is 19.1. The van der Waals surface area contributed by atoms with Gasteiger partial charge in [0.25, 0.3) is 5.56 Å². The second-order valence-corrected chi connectivity index (χ2v) is 8.61. The minimum Gasteiger partial charge on any atom is -0.489 e. The lowest BCUT2D eigenvalue weighted by Gasteiger charge is -2.16. The molecule has 5 rings (SSSR count). The van der Waals surface area contributed by atoms with Gasteiger partial charge < -0.3 is 10.5 Å². The molecular formula is C26H21FN6O2. The van der Waals surface area contributed by atoms with Crippen LogP contribution in [0.3, 0.4) is 0 Å². The molecule has 0 saturated heterocycles. The van der Waals surface area contributed by atoms with Gasteiger partial charge in [0.05, 0.1) is 34.1 Å². The van der Waals surface area contributed by atoms with E-state index in [-0.39, 0.29) is 40.6 Å². The maximum Gasteiger partial charge on any atom is 0.272 e. The van der Waals surface area contributed by atoms with Crippen molar-refractivity contribution in [2.24, 2.45) is 18.7 Å². The summed E-state index contributed by atoms with van der Waals surface area (Å²) in [4.78, 5) is 12.2. The highest BCUT2D eigenvalue weighted by atomic mass is 19.1. The van der Waals surface area contributed by atoms with Crippen molar-refractivity contribution in [1.29, 1.82) is 5.26 Å². The number of rotatable bonds is 5. The first-order valence-corrected chi connectivity index (χ1v) is 11.0. The van der Waals surface area contributed by atoms with E-state index in [9.17, 15) is 10.1 Å². The highest BCUT2D eigenvalue weighted by Gasteiger charge is 2.36. The summed E-state index contributed by atoms with van der Waals surface area (Å²) in [6.45, 7) is 2.16. The van der Waals surface area contributed by atoms with Crippen LogP contribution >= 0.6 is 0 Å². The number of nitriles is 1. The van der Waals surface area contributed by atoms with Crippen LogP contribution < -0.4 is 16.0 Å². The molecule has 9 heteroatoms. The maximum atomic E-state index is 15.7. The molecule has 4 aromatic rings. The molecule has 2 aromatic carbocycles. The zero-order valence-corrected chi connectivity index (χ0v) is 19.1. The number of halogens is 1. The van der Waals surface area contributed by atoms with Crippen LogP contribution in [0.15, 0.2) is 35.3 Å². The van der Waals surface area contributed by atoms with Crippen molar-refractivity contribution in [2.75, 3.05) is 0 Å². The van der Waals surface area contributed by atoms with E-state index >= 15 is 4.39 Å². The monoisotopic (exact) mass is 468 g/mol. The largest absolute Gasteiger partial charge is 0.489 e. The Morgan fingerprint density at radius 1 is 1.37 bits per heavy atom. The topological polar surface area (TPSA) is 123 Å². The van der Waals surface area contributed by atoms with Gasteiger partial charge in [-0.05, 0) is 30.0 Å². The Bertz CT molecular complexity index is 1640. The number of ether oxygens (including phenoxy) is 1. The lowest BCUT2D eigenvalue weighted by Crippen LogP contribution is -2.13. The van der Waals surface area contributed by atoms with Crippen molar-refractivity contribution in [2.45, 2.75) is 26.0 Å². The number of terminal acetylenes is 1. The first-order chi connectivity index (χ1) is 16.9. The van der Waals surface area contributed by atoms with E-state index in [4.69, 9.17) is 16.9 Å². The van der Waals surface area contributed by atoms with Crippen LogP contribution in [0.25, 0.3) is 33.2 Å². The molecule has 1 aliphatic rings. The molecular weight excluding hydrogens is 447 g/mol. The third-order valence-corrected chi connectivity index (χ3v) is 6.36. The molecule has 0 aliphatic heterocycles. The molecule has 1 aliphatic carbocycles. The van der Waals surface area contributed by atoms with Gasteiger partial charge >= 0.3 is 0 Å². The number of nitrogens with two attached hydrogens (primary N) is 1. The van der Waals surface area contributed by atoms with Crippen LogP contribution in [0.4, 0.5) is 4.39 Å². The summed E-state index contributed by atoms with van der Waals surface area (Å²) in [5, 5.41) is 21.9. The molecule has 174 valence electrons. The van der Waals surface area contributed by atoms with Gasteiger partial charge in [-0.15, -0.1) is 6.42 Å². The fourth-order valence-electron chi connectivity index (χ4n) is 4.27. The van der Waals surface area contributed by atoms with Crippen LogP contribution in [0.1, 0.15) is 30.2 Å². The SMILES string of the molecule is C#Cc1cc(O[C@@H]2C[C@H]2C)c(C#N)c(-c2c(-c3ccc4c(=O)[nH]nc(CN)c4c3)cnn2C)c1F. The predicted molar refractivity (Wildman–Crippen MR) is 129 cm³/mol. The fourth-order valence-corrected chi connectivity index (χ4v) is 4.27. The fraction of sp³-hybridized carbons (Fsp3) is 0.231. The molecule has 2 atom stereocenters. The highest BCUT2D eigenvalue weighted by Crippen LogP contribution is 2.42. The standard InChI is InChI=1S/C26H21FN6O2/c1-4-14-9-22(35-21-7-13(21)2)18(10-28)23(24(14)27)25-19(12-30-33(25)3)15-5-6-16-17(8-15)20(11-29)31-32-26(16)34/h1,5-6,8-9,12-13,21H,7,11,29H2,2-3H3,(H,32,34)/t13-,21-/m1/s1. The molecule has 1 saturated carbocycles. The highest BCUT2D eigenvalue weighted by molar-refractivity contribution is 5.92. The zero-order chi connectivity index (χ0) is 24.9. The number of aromatic nitrogens is 4. The van der Waals surface area contributed by atoms with Gasteiger partial charge in [0.15, 0.2) is 0 Å². The smallest absolute Gasteiger partial charge is 0.272 e. The summed E-state index contributed by atoms with van der Waals surface area (Å²) in [5.74, 6) is 2.26. The Morgan fingerprint density at radius 2 is 2.14 bits per heavy atom. The number of fused-ring (bicyclic) bond motifs is 1. The van der Waals surface area contributed by atoms with Crippen molar-refractivity contribution in [3.8, 4) is 46.5 Å². The molecule has 0 radical (unpaired) electrons. The summed E-state index contributed by atoms with van der Waals surface area (Å²) in [6, 6.07) is 8.66. The van der Waals surface area contributed by atoms with Crippen molar-refractivity contribution in [1.82, 2.24) is 20.0 Å². The molecule has 0 amide bonds. The number of hydrogen-bond donors (Lipinski definition) is 2. The van der Waals surface area contributed by atoms with E-state index in [2.05, 4.69) is 27.3 Å². The minimum absolute atomic E-state index is 0.00545. The van der Waals surface area contributed by atoms with Gasteiger partial charge in [-0.1, -0.05) is 18.9 Å². The van der Waals surface area contributed by atoms with Crippen LogP contribution in [0.5, 0.6) is 5.75 Å². The number of nitrogens with one attached hydrogen (secondary N) is 1. The van der Waals surface area contributed by atoms with E-state index in [0.717, 1.165) is 6.42 Å². The number of H-pyrrole nitrogens is 1. The molecule has 1 fully saturated rings. The Labute approximate surface area is 200 Å². The molecule has 8 nitrogen and oxygen atoms in total. The van der Waals surface area contributed by atoms with Gasteiger partial charge in [-0.3, -0.25) is 9.48 Å². The van der Waals surface area contributed by atoms with Crippen molar-refractivity contribution in [3.63, 3.8) is 0 Å². The Kier molecular flexibility index (Phi) is 5.35. The van der Waals surface area contributed by atoms with Crippen LogP contribution in [0, 0.1) is 35.4 Å². The number of benzene rings is 2. The molecule has 35 heavy (non-hydrogen) atoms. The lowest BCUT2D eigenvalue weighted by molar-refractivity contribution is 0.287. The van der Waals surface area contributed by atoms with Gasteiger partial charge in [-0.2, -0.15) is 15.5 Å². The second kappa shape index (κ2) is 8.39. The van der Waals surface area contributed by atoms with Crippen LogP contribution in [0.2, 0.25) is 0 Å². The summed E-state index contributed by atoms with van der Waals surface area (Å²) in [7, 11) is 1.66. The van der Waals surface area contributed by atoms with E-state index in [1.807, 2.05) is 6.92 Å². The van der Waals surface area contributed by atoms with Gasteiger partial charge in [0.2, 0.25) is 0 Å². The van der Waals surface area contributed by atoms with Gasteiger partial charge in [0.1, 0.15) is 29.3 Å². The van der Waals surface area contributed by atoms with Crippen LogP contribution in [-0.4, -0.2) is 26.1 Å². The summed E-state index contributed by atoms with van der Waals surface area (Å²) in [5.41, 5.74) is 7.61. The molecule has 0 bridgehead atoms. The first kappa shape index (κ1) is 22.3. The molecule has 2 heterocycles. The quantitative estimate of drug-likeness (QED) is 0.434. The summed E-state index contributed by atoms with van der Waals surface area (Å²) >= 11 is 0. The number of hydrogen-bond acceptors (Lipinski definition) is 6. The first-order valence-electron chi connectivity index (χ1n) is 11.0. The molecule has 0 unspecified atom stereocenters. The molecule has 2 aromatic heterocycles. The average molecular weight is 468 g/mol. The average Bonchev–Trinajstić information content (AvgIpc) is 3.42. The Balaban J connectivity index is 1.77. The molecule has 3 N–H and O–H groups in total. The summed E-state index contributed by atoms with van der Waals surface area (Å²) in [6.07, 6.45) is 7.99. The lowest BCUT2D eigenvalue weighted by atomic mass is 9.94. The van der Waals surface area contributed by atoms with Gasteiger partial charge in [0, 0.05) is 30.6 Å². The normalized spacial score (nSPS) is 16.6. The van der Waals surface area contributed by atoms with E-state index < -0.39 is 5.82 Å². The van der Waals surface area contributed by atoms with E-state index in [0.29, 0.717) is 39.2 Å². The van der Waals surface area contributed by atoms with E-state index in [1.54, 1.807) is 31.4 Å². The maximum absolute atomic E-state index is 15.7. The number of nitrogens with zero attached hydrogens (tertiary/aromatic N) is 4. The third kappa shape index (κ3) is 3.63. The van der Waals surface area contributed by atoms with Crippen molar-refractivity contribution in [3.05, 3.63) is 63.5 Å². The summed E-state index contributed by atoms with van der Waals surface area (Å²) < 4.78 is 23.2. The van der Waals surface area contributed by atoms with Gasteiger partial charge in [-0.25, -0.2) is 9.49 Å². The van der Waals surface area contributed by atoms with E-state index in [1.165, 1.54) is 10.7 Å². The number of aryl methyl sites for hydroxylation is 1. The Hall–Kier alpha value is -4.47. The third-order valence-electron chi connectivity index (χ3n) is 6.36. The van der Waals surface area contributed by atoms with Crippen molar-refractivity contribution >= 4 is 10.8 Å². The van der Waals surface area contributed by atoms with Crippen LogP contribution in [-0.2, 0) is 13.6 Å². The Morgan fingerprint density at radius 3 is 2.80 bits per heavy atom. The molecule has 0 spiro atoms. The second-order valence-electron chi connectivity index (χ2n) is 8.61. The number of aromatic amines is 1. The minimum atomic E-state index is -0.702. The predicted octanol–water partition coefficient (Wildman–Crippen LogP) is 3.23. The van der Waals surface area contributed by atoms with Crippen molar-refractivity contribution < 1.29 is 9.13 Å².